The van der Waals surface area contributed by atoms with Crippen LogP contribution in [0.4, 0.5) is 0 Å². The van der Waals surface area contributed by atoms with E-state index in [2.05, 4.69) is 0 Å². The zero-order valence-corrected chi connectivity index (χ0v) is 9.18. The molecular formula is C11H11ClN2. The third-order valence-corrected chi connectivity index (χ3v) is 1.99. The molecule has 0 fully saturated rings. The minimum atomic E-state index is 0.419. The molecule has 0 N–H and O–H groups in total. The SMILES string of the molecule is CC.Cc1c(Cl)cc(C#N)cc1C#N. The van der Waals surface area contributed by atoms with Gasteiger partial charge < -0.3 is 0 Å². The lowest BCUT2D eigenvalue weighted by Crippen LogP contribution is -1.85. The maximum Gasteiger partial charge on any atom is 0.0995 e. The number of hydrogen-bond acceptors (Lipinski definition) is 2. The molecule has 1 aromatic rings. The molecule has 1 rings (SSSR count). The van der Waals surface area contributed by atoms with Gasteiger partial charge in [0.1, 0.15) is 0 Å². The molecule has 0 heterocycles. The van der Waals surface area contributed by atoms with E-state index in [1.54, 1.807) is 13.0 Å². The Morgan fingerprint density at radius 3 is 2.14 bits per heavy atom. The first-order chi connectivity index (χ1) is 6.69. The lowest BCUT2D eigenvalue weighted by molar-refractivity contribution is 1.37. The molecule has 0 saturated carbocycles. The molecule has 0 spiro atoms. The molecule has 14 heavy (non-hydrogen) atoms. The monoisotopic (exact) mass is 206 g/mol. The van der Waals surface area contributed by atoms with Gasteiger partial charge in [0.25, 0.3) is 0 Å². The zero-order valence-electron chi connectivity index (χ0n) is 8.43. The highest BCUT2D eigenvalue weighted by Crippen LogP contribution is 2.20. The van der Waals surface area contributed by atoms with Crippen LogP contribution in [0.2, 0.25) is 5.02 Å². The van der Waals surface area contributed by atoms with Crippen molar-refractivity contribution in [3.05, 3.63) is 33.8 Å². The predicted octanol–water partition coefficient (Wildman–Crippen LogP) is 3.42. The summed E-state index contributed by atoms with van der Waals surface area (Å²) in [5.41, 5.74) is 1.60. The fourth-order valence-corrected chi connectivity index (χ4v) is 1.08. The van der Waals surface area contributed by atoms with Gasteiger partial charge in [-0.05, 0) is 24.6 Å². The van der Waals surface area contributed by atoms with Crippen LogP contribution in [0.1, 0.15) is 30.5 Å². The fraction of sp³-hybridized carbons (Fsp3) is 0.273. The molecule has 0 unspecified atom stereocenters. The lowest BCUT2D eigenvalue weighted by Gasteiger charge is -1.99. The number of halogens is 1. The largest absolute Gasteiger partial charge is 0.192 e. The summed E-state index contributed by atoms with van der Waals surface area (Å²) in [6, 6.07) is 6.99. The molecule has 72 valence electrons. The van der Waals surface area contributed by atoms with E-state index >= 15 is 0 Å². The second-order valence-electron chi connectivity index (χ2n) is 2.35. The average Bonchev–Trinajstić information content (AvgIpc) is 2.24. The maximum absolute atomic E-state index is 8.64. The van der Waals surface area contributed by atoms with Gasteiger partial charge in [-0.3, -0.25) is 0 Å². The summed E-state index contributed by atoms with van der Waals surface area (Å²) in [6.45, 7) is 5.75. The zero-order chi connectivity index (χ0) is 11.1. The second-order valence-corrected chi connectivity index (χ2v) is 2.76. The van der Waals surface area contributed by atoms with Crippen LogP contribution in [-0.2, 0) is 0 Å². The quantitative estimate of drug-likeness (QED) is 0.653. The van der Waals surface area contributed by atoms with Crippen molar-refractivity contribution < 1.29 is 0 Å². The first-order valence-electron chi connectivity index (χ1n) is 4.29. The highest BCUT2D eigenvalue weighted by molar-refractivity contribution is 6.31. The summed E-state index contributed by atoms with van der Waals surface area (Å²) in [5, 5.41) is 17.7. The minimum absolute atomic E-state index is 0.419. The second kappa shape index (κ2) is 6.02. The minimum Gasteiger partial charge on any atom is -0.192 e. The Kier molecular flexibility index (Phi) is 5.37. The van der Waals surface area contributed by atoms with Crippen molar-refractivity contribution in [3.63, 3.8) is 0 Å². The van der Waals surface area contributed by atoms with Crippen LogP contribution in [-0.4, -0.2) is 0 Å². The number of nitrogens with zero attached hydrogens (tertiary/aromatic N) is 2. The normalized spacial score (nSPS) is 7.86. The summed E-state index contributed by atoms with van der Waals surface area (Å²) in [4.78, 5) is 0. The molecule has 0 aliphatic rings. The Labute approximate surface area is 89.4 Å². The maximum atomic E-state index is 8.64. The van der Waals surface area contributed by atoms with Crippen molar-refractivity contribution >= 4 is 11.6 Å². The molecule has 2 nitrogen and oxygen atoms in total. The van der Waals surface area contributed by atoms with Crippen molar-refractivity contribution in [2.75, 3.05) is 0 Å². The summed E-state index contributed by atoms with van der Waals surface area (Å²) in [6.07, 6.45) is 0. The van der Waals surface area contributed by atoms with Crippen molar-refractivity contribution in [1.29, 1.82) is 10.5 Å². The van der Waals surface area contributed by atoms with Gasteiger partial charge in [0.15, 0.2) is 0 Å². The van der Waals surface area contributed by atoms with E-state index < -0.39 is 0 Å². The van der Waals surface area contributed by atoms with Crippen LogP contribution in [0.25, 0.3) is 0 Å². The van der Waals surface area contributed by atoms with Gasteiger partial charge in [-0.15, -0.1) is 0 Å². The van der Waals surface area contributed by atoms with Crippen molar-refractivity contribution in [2.45, 2.75) is 20.8 Å². The summed E-state index contributed by atoms with van der Waals surface area (Å²) < 4.78 is 0. The Balaban J connectivity index is 0.000000791. The number of benzene rings is 1. The molecule has 0 aliphatic heterocycles. The van der Waals surface area contributed by atoms with Gasteiger partial charge >= 0.3 is 0 Å². The third-order valence-electron chi connectivity index (χ3n) is 1.59. The van der Waals surface area contributed by atoms with E-state index in [9.17, 15) is 0 Å². The van der Waals surface area contributed by atoms with Gasteiger partial charge in [-0.1, -0.05) is 25.4 Å². The number of nitriles is 2. The Morgan fingerprint density at radius 1 is 1.14 bits per heavy atom. The van der Waals surface area contributed by atoms with Crippen molar-refractivity contribution in [1.82, 2.24) is 0 Å². The number of hydrogen-bond donors (Lipinski definition) is 0. The predicted molar refractivity (Wildman–Crippen MR) is 57.0 cm³/mol. The van der Waals surface area contributed by atoms with E-state index in [4.69, 9.17) is 22.1 Å². The standard InChI is InChI=1S/C9H5ClN2.C2H6/c1-6-8(5-12)2-7(4-11)3-9(6)10;1-2/h2-3H,1H3;1-2H3. The van der Waals surface area contributed by atoms with E-state index in [1.165, 1.54) is 6.07 Å². The summed E-state index contributed by atoms with van der Waals surface area (Å²) in [7, 11) is 0. The van der Waals surface area contributed by atoms with E-state index in [0.717, 1.165) is 5.56 Å². The van der Waals surface area contributed by atoms with E-state index in [0.29, 0.717) is 16.1 Å². The Hall–Kier alpha value is -1.51. The molecule has 0 aliphatic carbocycles. The Bertz CT molecular complexity index is 397. The molecule has 0 radical (unpaired) electrons. The van der Waals surface area contributed by atoms with Crippen LogP contribution in [0.3, 0.4) is 0 Å². The van der Waals surface area contributed by atoms with E-state index in [-0.39, 0.29) is 0 Å². The molecule has 3 heteroatoms. The van der Waals surface area contributed by atoms with Crippen LogP contribution in [0.5, 0.6) is 0 Å². The topological polar surface area (TPSA) is 47.6 Å². The van der Waals surface area contributed by atoms with Gasteiger partial charge in [-0.2, -0.15) is 10.5 Å². The number of rotatable bonds is 0. The molecule has 0 amide bonds. The molecule has 0 aromatic heterocycles. The van der Waals surface area contributed by atoms with Crippen molar-refractivity contribution in [3.8, 4) is 12.1 Å². The van der Waals surface area contributed by atoms with Crippen LogP contribution >= 0.6 is 11.6 Å². The van der Waals surface area contributed by atoms with Crippen LogP contribution < -0.4 is 0 Å². The molecule has 0 bridgehead atoms. The van der Waals surface area contributed by atoms with Gasteiger partial charge in [0, 0.05) is 5.02 Å². The van der Waals surface area contributed by atoms with Gasteiger partial charge in [-0.25, -0.2) is 0 Å². The van der Waals surface area contributed by atoms with Gasteiger partial charge in [0.05, 0.1) is 23.3 Å². The molecule has 0 saturated heterocycles. The smallest absolute Gasteiger partial charge is 0.0995 e. The molecular weight excluding hydrogens is 196 g/mol. The lowest BCUT2D eigenvalue weighted by atomic mass is 10.1. The fourth-order valence-electron chi connectivity index (χ4n) is 0.860. The highest BCUT2D eigenvalue weighted by Gasteiger charge is 2.03. The summed E-state index contributed by atoms with van der Waals surface area (Å²) >= 11 is 5.77. The molecule has 1 aromatic carbocycles. The highest BCUT2D eigenvalue weighted by atomic mass is 35.5. The summed E-state index contributed by atoms with van der Waals surface area (Å²) in [5.74, 6) is 0. The van der Waals surface area contributed by atoms with Crippen LogP contribution in [0, 0.1) is 29.6 Å². The Morgan fingerprint density at radius 2 is 1.71 bits per heavy atom. The molecule has 0 atom stereocenters. The average molecular weight is 207 g/mol. The third kappa shape index (κ3) is 2.76. The first-order valence-corrected chi connectivity index (χ1v) is 4.67. The van der Waals surface area contributed by atoms with Gasteiger partial charge in [0.2, 0.25) is 0 Å². The van der Waals surface area contributed by atoms with Crippen molar-refractivity contribution in [2.24, 2.45) is 0 Å². The van der Waals surface area contributed by atoms with E-state index in [1.807, 2.05) is 26.0 Å². The first kappa shape index (κ1) is 12.5. The van der Waals surface area contributed by atoms with Crippen LogP contribution in [0.15, 0.2) is 12.1 Å².